The van der Waals surface area contributed by atoms with Gasteiger partial charge in [-0.3, -0.25) is 4.79 Å². The van der Waals surface area contributed by atoms with Crippen LogP contribution in [0.15, 0.2) is 11.2 Å². The quantitative estimate of drug-likeness (QED) is 0.653. The molecule has 21 heavy (non-hydrogen) atoms. The van der Waals surface area contributed by atoms with Crippen LogP contribution in [0.25, 0.3) is 0 Å². The maximum absolute atomic E-state index is 12.1. The number of hydrogen-bond donors (Lipinski definition) is 2. The van der Waals surface area contributed by atoms with Crippen molar-refractivity contribution in [2.75, 3.05) is 5.75 Å². The molecule has 2 atom stereocenters. The number of carbonyl (C=O) groups excluding carboxylic acids is 1. The second-order valence-corrected chi connectivity index (χ2v) is 7.04. The first-order valence-corrected chi connectivity index (χ1v) is 8.57. The standard InChI is InChI=1S/C15H22N4OS/c1-9-5-10(2)17-15(16-9)21-8-14(20)19-13-6-11-3-4-12(7-13)18-11/h5,11-13,18H,3-4,6-8H2,1-2H3,(H,19,20). The molecule has 2 aliphatic heterocycles. The van der Waals surface area contributed by atoms with Crippen molar-refractivity contribution in [3.05, 3.63) is 17.5 Å². The van der Waals surface area contributed by atoms with Gasteiger partial charge >= 0.3 is 0 Å². The van der Waals surface area contributed by atoms with Gasteiger partial charge in [0.25, 0.3) is 0 Å². The summed E-state index contributed by atoms with van der Waals surface area (Å²) in [4.78, 5) is 20.8. The summed E-state index contributed by atoms with van der Waals surface area (Å²) < 4.78 is 0. The number of aromatic nitrogens is 2. The van der Waals surface area contributed by atoms with Gasteiger partial charge in [0.15, 0.2) is 5.16 Å². The minimum absolute atomic E-state index is 0.0917. The summed E-state index contributed by atoms with van der Waals surface area (Å²) in [5.41, 5.74) is 1.89. The first-order valence-electron chi connectivity index (χ1n) is 7.59. The fraction of sp³-hybridized carbons (Fsp3) is 0.667. The molecule has 1 aromatic heterocycles. The zero-order valence-corrected chi connectivity index (χ0v) is 13.4. The van der Waals surface area contributed by atoms with Gasteiger partial charge < -0.3 is 10.6 Å². The van der Waals surface area contributed by atoms with Gasteiger partial charge in [0.05, 0.1) is 5.75 Å². The minimum Gasteiger partial charge on any atom is -0.353 e. The molecule has 2 unspecified atom stereocenters. The van der Waals surface area contributed by atoms with Crippen LogP contribution in [0.1, 0.15) is 37.1 Å². The van der Waals surface area contributed by atoms with Gasteiger partial charge in [0.1, 0.15) is 0 Å². The number of thioether (sulfide) groups is 1. The van der Waals surface area contributed by atoms with E-state index in [-0.39, 0.29) is 5.91 Å². The lowest BCUT2D eigenvalue weighted by atomic mass is 10.00. The Morgan fingerprint density at radius 2 is 1.90 bits per heavy atom. The van der Waals surface area contributed by atoms with Crippen molar-refractivity contribution in [2.45, 2.75) is 62.8 Å². The lowest BCUT2D eigenvalue weighted by molar-refractivity contribution is -0.119. The first kappa shape index (κ1) is 14.8. The summed E-state index contributed by atoms with van der Waals surface area (Å²) >= 11 is 1.41. The number of nitrogens with one attached hydrogen (secondary N) is 2. The molecule has 2 N–H and O–H groups in total. The van der Waals surface area contributed by atoms with Gasteiger partial charge in [-0.05, 0) is 45.6 Å². The first-order chi connectivity index (χ1) is 10.1. The van der Waals surface area contributed by atoms with Crippen molar-refractivity contribution in [3.8, 4) is 0 Å². The van der Waals surface area contributed by atoms with Gasteiger partial charge in [0, 0.05) is 29.5 Å². The number of aryl methyl sites for hydroxylation is 2. The van der Waals surface area contributed by atoms with E-state index in [0.29, 0.717) is 29.0 Å². The van der Waals surface area contributed by atoms with Crippen LogP contribution >= 0.6 is 11.8 Å². The van der Waals surface area contributed by atoms with E-state index in [1.165, 1.54) is 24.6 Å². The summed E-state index contributed by atoms with van der Waals surface area (Å²) in [6.45, 7) is 3.90. The molecule has 2 aliphatic rings. The zero-order valence-electron chi connectivity index (χ0n) is 12.6. The van der Waals surface area contributed by atoms with Crippen LogP contribution < -0.4 is 10.6 Å². The van der Waals surface area contributed by atoms with E-state index in [9.17, 15) is 4.79 Å². The maximum Gasteiger partial charge on any atom is 0.230 e. The summed E-state index contributed by atoms with van der Waals surface area (Å²) in [6, 6.07) is 3.47. The third-order valence-electron chi connectivity index (χ3n) is 4.13. The van der Waals surface area contributed by atoms with Crippen LogP contribution in [-0.2, 0) is 4.79 Å². The SMILES string of the molecule is Cc1cc(C)nc(SCC(=O)NC2CC3CCC(C2)N3)n1. The number of hydrogen-bond acceptors (Lipinski definition) is 5. The molecule has 0 saturated carbocycles. The molecule has 1 amide bonds. The topological polar surface area (TPSA) is 66.9 Å². The number of nitrogens with zero attached hydrogens (tertiary/aromatic N) is 2. The van der Waals surface area contributed by atoms with E-state index in [0.717, 1.165) is 24.2 Å². The third-order valence-corrected chi connectivity index (χ3v) is 4.98. The highest BCUT2D eigenvalue weighted by atomic mass is 32.2. The van der Waals surface area contributed by atoms with Gasteiger partial charge in [-0.1, -0.05) is 11.8 Å². The molecule has 0 aliphatic carbocycles. The zero-order chi connectivity index (χ0) is 14.8. The Kier molecular flexibility index (Phi) is 4.45. The highest BCUT2D eigenvalue weighted by Crippen LogP contribution is 2.26. The predicted octanol–water partition coefficient (Wildman–Crippen LogP) is 1.58. The molecule has 0 radical (unpaired) electrons. The van der Waals surface area contributed by atoms with Crippen molar-refractivity contribution in [3.63, 3.8) is 0 Å². The normalized spacial score (nSPS) is 27.6. The summed E-state index contributed by atoms with van der Waals surface area (Å²) in [5.74, 6) is 0.483. The van der Waals surface area contributed by atoms with E-state index in [2.05, 4.69) is 20.6 Å². The Labute approximate surface area is 129 Å². The van der Waals surface area contributed by atoms with E-state index in [1.807, 2.05) is 19.9 Å². The Morgan fingerprint density at radius 3 is 2.52 bits per heavy atom. The van der Waals surface area contributed by atoms with Crippen molar-refractivity contribution < 1.29 is 4.79 Å². The summed E-state index contributed by atoms with van der Waals surface area (Å²) in [6.07, 6.45) is 4.63. The fourth-order valence-corrected chi connectivity index (χ4v) is 4.09. The van der Waals surface area contributed by atoms with Crippen LogP contribution in [0, 0.1) is 13.8 Å². The molecule has 3 rings (SSSR count). The van der Waals surface area contributed by atoms with Crippen molar-refractivity contribution in [1.82, 2.24) is 20.6 Å². The van der Waals surface area contributed by atoms with Crippen LogP contribution in [0.2, 0.25) is 0 Å². The average molecular weight is 306 g/mol. The highest BCUT2D eigenvalue weighted by molar-refractivity contribution is 7.99. The Hall–Kier alpha value is -1.14. The van der Waals surface area contributed by atoms with Crippen molar-refractivity contribution in [1.29, 1.82) is 0 Å². The van der Waals surface area contributed by atoms with Crippen molar-refractivity contribution >= 4 is 17.7 Å². The van der Waals surface area contributed by atoms with Crippen LogP contribution in [0.5, 0.6) is 0 Å². The predicted molar refractivity (Wildman–Crippen MR) is 83.3 cm³/mol. The lowest BCUT2D eigenvalue weighted by Crippen LogP contribution is -2.48. The number of fused-ring (bicyclic) bond motifs is 2. The second-order valence-electron chi connectivity index (χ2n) is 6.10. The van der Waals surface area contributed by atoms with Gasteiger partial charge in [-0.2, -0.15) is 0 Å². The van der Waals surface area contributed by atoms with Crippen LogP contribution in [-0.4, -0.2) is 39.8 Å². The Balaban J connectivity index is 1.48. The molecule has 2 fully saturated rings. The molecule has 2 saturated heterocycles. The molecule has 5 nitrogen and oxygen atoms in total. The lowest BCUT2D eigenvalue weighted by Gasteiger charge is -2.29. The molecule has 0 spiro atoms. The number of amides is 1. The van der Waals surface area contributed by atoms with E-state index >= 15 is 0 Å². The monoisotopic (exact) mass is 306 g/mol. The van der Waals surface area contributed by atoms with E-state index in [4.69, 9.17) is 0 Å². The minimum atomic E-state index is 0.0917. The molecule has 6 heteroatoms. The highest BCUT2D eigenvalue weighted by Gasteiger charge is 2.33. The Morgan fingerprint density at radius 1 is 1.29 bits per heavy atom. The molecular weight excluding hydrogens is 284 g/mol. The summed E-state index contributed by atoms with van der Waals surface area (Å²) in [5, 5.41) is 7.44. The van der Waals surface area contributed by atoms with Crippen LogP contribution in [0.3, 0.4) is 0 Å². The van der Waals surface area contributed by atoms with Gasteiger partial charge in [0.2, 0.25) is 5.91 Å². The number of rotatable bonds is 4. The van der Waals surface area contributed by atoms with E-state index in [1.54, 1.807) is 0 Å². The smallest absolute Gasteiger partial charge is 0.230 e. The molecule has 0 aromatic carbocycles. The Bertz CT molecular complexity index is 504. The van der Waals surface area contributed by atoms with Crippen LogP contribution in [0.4, 0.5) is 0 Å². The van der Waals surface area contributed by atoms with Gasteiger partial charge in [-0.25, -0.2) is 9.97 Å². The number of piperidine rings is 1. The fourth-order valence-electron chi connectivity index (χ4n) is 3.33. The molecule has 1 aromatic rings. The summed E-state index contributed by atoms with van der Waals surface area (Å²) in [7, 11) is 0. The molecule has 3 heterocycles. The second kappa shape index (κ2) is 6.32. The van der Waals surface area contributed by atoms with Crippen molar-refractivity contribution in [2.24, 2.45) is 0 Å². The molecule has 114 valence electrons. The number of carbonyl (C=O) groups is 1. The molecular formula is C15H22N4OS. The van der Waals surface area contributed by atoms with Gasteiger partial charge in [-0.15, -0.1) is 0 Å². The maximum atomic E-state index is 12.1. The largest absolute Gasteiger partial charge is 0.353 e. The average Bonchev–Trinajstić information content (AvgIpc) is 2.75. The molecule has 2 bridgehead atoms. The third kappa shape index (κ3) is 3.95. The van der Waals surface area contributed by atoms with E-state index < -0.39 is 0 Å².